The van der Waals surface area contributed by atoms with E-state index in [4.69, 9.17) is 9.84 Å². The van der Waals surface area contributed by atoms with E-state index in [-0.39, 0.29) is 13.2 Å². The first-order chi connectivity index (χ1) is 9.60. The lowest BCUT2D eigenvalue weighted by molar-refractivity contribution is -0.137. The van der Waals surface area contributed by atoms with Gasteiger partial charge in [0, 0.05) is 11.9 Å². The first-order valence-electron chi connectivity index (χ1n) is 5.95. The van der Waals surface area contributed by atoms with Crippen LogP contribution in [-0.2, 0) is 16.1 Å². The number of nitrogens with zero attached hydrogens (tertiary/aromatic N) is 1. The second-order valence-corrected chi connectivity index (χ2v) is 4.12. The standard InChI is InChI=1S/C14H14N2O4/c1-2-7-20-14(19)15-11-4-3-10-5-6-16(9-13(17)18)12(10)8-11/h2-6,8H,1,7,9H2,(H,15,19)(H,17,18). The molecule has 6 nitrogen and oxygen atoms in total. The van der Waals surface area contributed by atoms with Crippen molar-refractivity contribution in [1.82, 2.24) is 4.57 Å². The molecule has 0 aliphatic heterocycles. The van der Waals surface area contributed by atoms with E-state index in [1.165, 1.54) is 6.08 Å². The average Bonchev–Trinajstić information content (AvgIpc) is 2.78. The fourth-order valence-electron chi connectivity index (χ4n) is 1.83. The Morgan fingerprint density at radius 2 is 2.20 bits per heavy atom. The van der Waals surface area contributed by atoms with Crippen molar-refractivity contribution in [2.75, 3.05) is 11.9 Å². The summed E-state index contributed by atoms with van der Waals surface area (Å²) < 4.78 is 6.41. The number of anilines is 1. The fourth-order valence-corrected chi connectivity index (χ4v) is 1.83. The SMILES string of the molecule is C=CCOC(=O)Nc1ccc2ccn(CC(=O)O)c2c1. The zero-order valence-corrected chi connectivity index (χ0v) is 10.7. The van der Waals surface area contributed by atoms with Crippen molar-refractivity contribution < 1.29 is 19.4 Å². The summed E-state index contributed by atoms with van der Waals surface area (Å²) in [5.41, 5.74) is 1.27. The van der Waals surface area contributed by atoms with Crippen LogP contribution in [0, 0.1) is 0 Å². The zero-order valence-electron chi connectivity index (χ0n) is 10.7. The number of benzene rings is 1. The third-order valence-electron chi connectivity index (χ3n) is 2.66. The molecular weight excluding hydrogens is 260 g/mol. The van der Waals surface area contributed by atoms with E-state index in [0.717, 1.165) is 10.9 Å². The van der Waals surface area contributed by atoms with Crippen LogP contribution in [-0.4, -0.2) is 28.3 Å². The molecule has 6 heteroatoms. The molecule has 2 rings (SSSR count). The molecule has 0 aliphatic rings. The second kappa shape index (κ2) is 5.92. The van der Waals surface area contributed by atoms with Gasteiger partial charge in [-0.3, -0.25) is 10.1 Å². The monoisotopic (exact) mass is 274 g/mol. The van der Waals surface area contributed by atoms with Crippen molar-refractivity contribution >= 4 is 28.7 Å². The number of carboxylic acids is 1. The Labute approximate surface area is 115 Å². The Morgan fingerprint density at radius 3 is 2.90 bits per heavy atom. The summed E-state index contributed by atoms with van der Waals surface area (Å²) in [5.74, 6) is -0.925. The highest BCUT2D eigenvalue weighted by molar-refractivity contribution is 5.90. The summed E-state index contributed by atoms with van der Waals surface area (Å²) in [6.07, 6.45) is 2.58. The van der Waals surface area contributed by atoms with Crippen molar-refractivity contribution in [3.05, 3.63) is 43.1 Å². The smallest absolute Gasteiger partial charge is 0.411 e. The highest BCUT2D eigenvalue weighted by Crippen LogP contribution is 2.20. The number of rotatable bonds is 5. The number of carboxylic acid groups (broad SMARTS) is 1. The van der Waals surface area contributed by atoms with Gasteiger partial charge >= 0.3 is 12.1 Å². The number of ether oxygens (including phenoxy) is 1. The number of aromatic nitrogens is 1. The molecule has 1 aromatic heterocycles. The van der Waals surface area contributed by atoms with Gasteiger partial charge < -0.3 is 14.4 Å². The molecule has 20 heavy (non-hydrogen) atoms. The molecule has 2 aromatic rings. The largest absolute Gasteiger partial charge is 0.480 e. The molecule has 1 amide bonds. The van der Waals surface area contributed by atoms with E-state index in [1.807, 2.05) is 6.07 Å². The van der Waals surface area contributed by atoms with Crippen LogP contribution in [0.1, 0.15) is 0 Å². The summed E-state index contributed by atoms with van der Waals surface area (Å²) in [6.45, 7) is 3.45. The Kier molecular flexibility index (Phi) is 4.05. The highest BCUT2D eigenvalue weighted by Gasteiger charge is 2.07. The van der Waals surface area contributed by atoms with Crippen molar-refractivity contribution in [1.29, 1.82) is 0 Å². The first-order valence-corrected chi connectivity index (χ1v) is 5.95. The Hall–Kier alpha value is -2.76. The third kappa shape index (κ3) is 3.17. The number of aliphatic carboxylic acids is 1. The summed E-state index contributed by atoms with van der Waals surface area (Å²) in [4.78, 5) is 22.2. The minimum Gasteiger partial charge on any atom is -0.480 e. The van der Waals surface area contributed by atoms with Gasteiger partial charge in [-0.2, -0.15) is 0 Å². The van der Waals surface area contributed by atoms with Crippen LogP contribution in [0.3, 0.4) is 0 Å². The van der Waals surface area contributed by atoms with E-state index in [1.54, 1.807) is 29.0 Å². The van der Waals surface area contributed by atoms with Crippen LogP contribution in [0.15, 0.2) is 43.1 Å². The molecule has 0 bridgehead atoms. The number of hydrogen-bond acceptors (Lipinski definition) is 3. The molecule has 0 aliphatic carbocycles. The van der Waals surface area contributed by atoms with Gasteiger partial charge in [0.15, 0.2) is 0 Å². The third-order valence-corrected chi connectivity index (χ3v) is 2.66. The van der Waals surface area contributed by atoms with Gasteiger partial charge in [0.1, 0.15) is 13.2 Å². The van der Waals surface area contributed by atoms with Crippen LogP contribution in [0.2, 0.25) is 0 Å². The molecule has 1 heterocycles. The molecule has 0 spiro atoms. The van der Waals surface area contributed by atoms with Crippen molar-refractivity contribution in [2.24, 2.45) is 0 Å². The lowest BCUT2D eigenvalue weighted by Gasteiger charge is -2.07. The molecule has 0 atom stereocenters. The average molecular weight is 274 g/mol. The maximum atomic E-state index is 11.4. The first kappa shape index (κ1) is 13.7. The van der Waals surface area contributed by atoms with Crippen molar-refractivity contribution in [3.63, 3.8) is 0 Å². The summed E-state index contributed by atoms with van der Waals surface area (Å²) >= 11 is 0. The lowest BCUT2D eigenvalue weighted by Crippen LogP contribution is -2.13. The van der Waals surface area contributed by atoms with Crippen molar-refractivity contribution in [3.8, 4) is 0 Å². The molecule has 0 radical (unpaired) electrons. The maximum Gasteiger partial charge on any atom is 0.411 e. The number of nitrogens with one attached hydrogen (secondary N) is 1. The maximum absolute atomic E-state index is 11.4. The van der Waals surface area contributed by atoms with E-state index in [9.17, 15) is 9.59 Å². The Balaban J connectivity index is 2.20. The predicted octanol–water partition coefficient (Wildman–Crippen LogP) is 2.46. The fraction of sp³-hybridized carbons (Fsp3) is 0.143. The van der Waals surface area contributed by atoms with Crippen LogP contribution in [0.25, 0.3) is 10.9 Å². The van der Waals surface area contributed by atoms with Gasteiger partial charge in [-0.05, 0) is 23.6 Å². The van der Waals surface area contributed by atoms with Crippen molar-refractivity contribution in [2.45, 2.75) is 6.54 Å². The van der Waals surface area contributed by atoms with Crippen LogP contribution in [0.4, 0.5) is 10.5 Å². The Morgan fingerprint density at radius 1 is 1.40 bits per heavy atom. The number of carbonyl (C=O) groups is 2. The summed E-state index contributed by atoms with van der Waals surface area (Å²) in [7, 11) is 0. The van der Waals surface area contributed by atoms with Gasteiger partial charge in [-0.15, -0.1) is 0 Å². The number of fused-ring (bicyclic) bond motifs is 1. The predicted molar refractivity (Wildman–Crippen MR) is 74.7 cm³/mol. The lowest BCUT2D eigenvalue weighted by atomic mass is 10.2. The number of carbonyl (C=O) groups excluding carboxylic acids is 1. The van der Waals surface area contributed by atoms with Gasteiger partial charge in [-0.1, -0.05) is 18.7 Å². The minimum atomic E-state index is -0.925. The highest BCUT2D eigenvalue weighted by atomic mass is 16.5. The zero-order chi connectivity index (χ0) is 14.5. The summed E-state index contributed by atoms with van der Waals surface area (Å²) in [5, 5.41) is 12.3. The van der Waals surface area contributed by atoms with Crippen LogP contribution >= 0.6 is 0 Å². The van der Waals surface area contributed by atoms with E-state index < -0.39 is 12.1 Å². The van der Waals surface area contributed by atoms with E-state index >= 15 is 0 Å². The molecule has 0 unspecified atom stereocenters. The number of hydrogen-bond donors (Lipinski definition) is 2. The molecule has 0 saturated carbocycles. The topological polar surface area (TPSA) is 80.6 Å². The van der Waals surface area contributed by atoms with Crippen LogP contribution < -0.4 is 5.32 Å². The quantitative estimate of drug-likeness (QED) is 0.821. The van der Waals surface area contributed by atoms with E-state index in [0.29, 0.717) is 5.69 Å². The minimum absolute atomic E-state index is 0.128. The second-order valence-electron chi connectivity index (χ2n) is 4.12. The van der Waals surface area contributed by atoms with Gasteiger partial charge in [0.05, 0.1) is 5.52 Å². The number of amides is 1. The van der Waals surface area contributed by atoms with Crippen LogP contribution in [0.5, 0.6) is 0 Å². The molecular formula is C14H14N2O4. The van der Waals surface area contributed by atoms with Gasteiger partial charge in [-0.25, -0.2) is 4.79 Å². The molecule has 0 fully saturated rings. The summed E-state index contributed by atoms with van der Waals surface area (Å²) in [6, 6.07) is 7.05. The molecule has 2 N–H and O–H groups in total. The van der Waals surface area contributed by atoms with E-state index in [2.05, 4.69) is 11.9 Å². The van der Waals surface area contributed by atoms with Gasteiger partial charge in [0.2, 0.25) is 0 Å². The molecule has 0 saturated heterocycles. The molecule has 1 aromatic carbocycles. The van der Waals surface area contributed by atoms with Gasteiger partial charge in [0.25, 0.3) is 0 Å². The molecule has 104 valence electrons. The Bertz CT molecular complexity index is 660. The normalized spacial score (nSPS) is 10.2.